The van der Waals surface area contributed by atoms with Crippen molar-refractivity contribution in [1.82, 2.24) is 16.0 Å². The maximum absolute atomic E-state index is 14.1. The molecular weight excluding hydrogens is 654 g/mol. The topological polar surface area (TPSA) is 176 Å². The van der Waals surface area contributed by atoms with Crippen LogP contribution >= 0.6 is 0 Å². The summed E-state index contributed by atoms with van der Waals surface area (Å²) in [6, 6.07) is 25.3. The number of rotatable bonds is 15. The molecule has 1 unspecified atom stereocenters. The minimum Gasteiger partial charge on any atom is -0.444 e. The van der Waals surface area contributed by atoms with Gasteiger partial charge < -0.3 is 45.5 Å². The molecule has 3 aromatic carbocycles. The van der Waals surface area contributed by atoms with E-state index in [9.17, 15) is 29.7 Å². The van der Waals surface area contributed by atoms with Crippen LogP contribution in [0.3, 0.4) is 0 Å². The van der Waals surface area contributed by atoms with E-state index in [4.69, 9.17) is 14.2 Å². The maximum atomic E-state index is 14.1. The minimum atomic E-state index is -1.30. The Labute approximate surface area is 298 Å². The molecule has 0 saturated carbocycles. The number of methoxy groups -OCH3 is 1. The summed E-state index contributed by atoms with van der Waals surface area (Å²) in [6.07, 6.45) is -2.92. The summed E-state index contributed by atoms with van der Waals surface area (Å²) < 4.78 is 16.1. The fourth-order valence-electron chi connectivity index (χ4n) is 5.68. The van der Waals surface area contributed by atoms with Gasteiger partial charge in [-0.05, 0) is 50.3 Å². The SMILES string of the molecule is COC1O[C@H](CNC(=O)[C@@H](NC(=O)[C@@H](/C=C/c2ccccc2)C[C@H](O)[C@H](Cc2ccccc2)NC(=O)OC(C)(C)C)c2ccccc2)[C@H](O)[C@H]1O. The molecule has 8 atom stereocenters. The predicted molar refractivity (Wildman–Crippen MR) is 191 cm³/mol. The van der Waals surface area contributed by atoms with E-state index in [1.54, 1.807) is 63.3 Å². The van der Waals surface area contributed by atoms with Crippen molar-refractivity contribution in [3.8, 4) is 0 Å². The molecule has 1 heterocycles. The van der Waals surface area contributed by atoms with Crippen LogP contribution in [0.25, 0.3) is 6.08 Å². The predicted octanol–water partition coefficient (Wildman–Crippen LogP) is 3.27. The first-order valence-corrected chi connectivity index (χ1v) is 17.0. The zero-order chi connectivity index (χ0) is 37.0. The van der Waals surface area contributed by atoms with Crippen molar-refractivity contribution in [3.05, 3.63) is 114 Å². The van der Waals surface area contributed by atoms with Gasteiger partial charge in [0.15, 0.2) is 6.29 Å². The van der Waals surface area contributed by atoms with Gasteiger partial charge in [0.05, 0.1) is 18.1 Å². The number of aliphatic hydroxyl groups is 3. The quantitative estimate of drug-likeness (QED) is 0.139. The number of nitrogens with one attached hydrogen (secondary N) is 3. The highest BCUT2D eigenvalue weighted by molar-refractivity contribution is 5.90. The summed E-state index contributed by atoms with van der Waals surface area (Å²) in [5, 5.41) is 40.6. The number of carbonyl (C=O) groups excluding carboxylic acids is 3. The van der Waals surface area contributed by atoms with E-state index in [0.717, 1.165) is 11.1 Å². The van der Waals surface area contributed by atoms with Gasteiger partial charge in [0, 0.05) is 13.7 Å². The molecule has 1 aliphatic heterocycles. The van der Waals surface area contributed by atoms with Gasteiger partial charge in [-0.3, -0.25) is 9.59 Å². The van der Waals surface area contributed by atoms with Gasteiger partial charge in [-0.1, -0.05) is 103 Å². The van der Waals surface area contributed by atoms with E-state index in [1.807, 2.05) is 60.7 Å². The number of hydrogen-bond donors (Lipinski definition) is 6. The van der Waals surface area contributed by atoms with Crippen LogP contribution in [0.5, 0.6) is 0 Å². The van der Waals surface area contributed by atoms with Crippen LogP contribution in [0.4, 0.5) is 4.79 Å². The largest absolute Gasteiger partial charge is 0.444 e. The summed E-state index contributed by atoms with van der Waals surface area (Å²) in [4.78, 5) is 40.7. The third-order valence-corrected chi connectivity index (χ3v) is 8.33. The van der Waals surface area contributed by atoms with E-state index in [2.05, 4.69) is 16.0 Å². The number of amides is 3. The van der Waals surface area contributed by atoms with Crippen LogP contribution in [0.15, 0.2) is 97.1 Å². The highest BCUT2D eigenvalue weighted by Crippen LogP contribution is 2.23. The molecule has 12 nitrogen and oxygen atoms in total. The highest BCUT2D eigenvalue weighted by Gasteiger charge is 2.43. The van der Waals surface area contributed by atoms with Gasteiger partial charge in [-0.25, -0.2) is 4.79 Å². The average Bonchev–Trinajstić information content (AvgIpc) is 3.39. The van der Waals surface area contributed by atoms with Crippen molar-refractivity contribution >= 4 is 24.0 Å². The molecule has 0 radical (unpaired) electrons. The maximum Gasteiger partial charge on any atom is 0.407 e. The molecule has 1 fully saturated rings. The number of carbonyl (C=O) groups is 3. The third-order valence-electron chi connectivity index (χ3n) is 8.33. The van der Waals surface area contributed by atoms with Crippen LogP contribution in [0, 0.1) is 5.92 Å². The summed E-state index contributed by atoms with van der Waals surface area (Å²) in [7, 11) is 1.33. The molecule has 0 aromatic heterocycles. The lowest BCUT2D eigenvalue weighted by Gasteiger charge is -2.29. The smallest absolute Gasteiger partial charge is 0.407 e. The Morgan fingerprint density at radius 2 is 1.47 bits per heavy atom. The second-order valence-electron chi connectivity index (χ2n) is 13.5. The fraction of sp³-hybridized carbons (Fsp3) is 0.410. The number of aliphatic hydroxyl groups excluding tert-OH is 3. The average molecular weight is 704 g/mol. The molecule has 1 saturated heterocycles. The summed E-state index contributed by atoms with van der Waals surface area (Å²) in [5.41, 5.74) is 1.40. The van der Waals surface area contributed by atoms with Gasteiger partial charge in [0.25, 0.3) is 0 Å². The van der Waals surface area contributed by atoms with Crippen LogP contribution in [0.1, 0.15) is 49.9 Å². The summed E-state index contributed by atoms with van der Waals surface area (Å²) in [5.74, 6) is -2.08. The van der Waals surface area contributed by atoms with E-state index >= 15 is 0 Å². The lowest BCUT2D eigenvalue weighted by atomic mass is 9.91. The van der Waals surface area contributed by atoms with Crippen LogP contribution in [-0.4, -0.2) is 89.2 Å². The second-order valence-corrected chi connectivity index (χ2v) is 13.5. The summed E-state index contributed by atoms with van der Waals surface area (Å²) >= 11 is 0. The molecule has 274 valence electrons. The lowest BCUT2D eigenvalue weighted by molar-refractivity contribution is -0.149. The molecule has 1 aliphatic rings. The monoisotopic (exact) mass is 703 g/mol. The van der Waals surface area contributed by atoms with Crippen molar-refractivity contribution in [2.24, 2.45) is 5.92 Å². The van der Waals surface area contributed by atoms with Crippen LogP contribution in [-0.2, 0) is 30.2 Å². The highest BCUT2D eigenvalue weighted by atomic mass is 16.7. The lowest BCUT2D eigenvalue weighted by Crippen LogP contribution is -2.49. The fourth-order valence-corrected chi connectivity index (χ4v) is 5.68. The van der Waals surface area contributed by atoms with Crippen molar-refractivity contribution in [2.75, 3.05) is 13.7 Å². The molecule has 51 heavy (non-hydrogen) atoms. The first-order valence-electron chi connectivity index (χ1n) is 17.0. The third kappa shape index (κ3) is 12.0. The van der Waals surface area contributed by atoms with Crippen LogP contribution in [0.2, 0.25) is 0 Å². The zero-order valence-corrected chi connectivity index (χ0v) is 29.3. The standard InChI is InChI=1S/C39H49N3O9/c1-39(2,3)51-38(48)41-29(22-26-16-10-6-11-17-26)30(43)23-28(21-20-25-14-8-5-9-15-25)35(46)42-32(27-18-12-7-13-19-27)36(47)40-24-31-33(44)34(45)37(49-4)50-31/h5-21,28-34,37,43-45H,22-24H2,1-4H3,(H,40,47)(H,41,48)(H,42,46)/b21-20+/t28-,29-,30-,31+,32-,33-,34+,37?/m0/s1. The molecule has 3 aromatic rings. The Bertz CT molecular complexity index is 1570. The number of alkyl carbamates (subject to hydrolysis) is 1. The number of benzene rings is 3. The van der Waals surface area contributed by atoms with E-state index in [-0.39, 0.29) is 19.4 Å². The van der Waals surface area contributed by atoms with Gasteiger partial charge in [0.1, 0.15) is 30.0 Å². The van der Waals surface area contributed by atoms with Crippen LogP contribution < -0.4 is 16.0 Å². The second kappa shape index (κ2) is 18.6. The van der Waals surface area contributed by atoms with Gasteiger partial charge in [-0.2, -0.15) is 0 Å². The van der Waals surface area contributed by atoms with Crippen molar-refractivity contribution < 1.29 is 43.9 Å². The Kier molecular flexibility index (Phi) is 14.3. The van der Waals surface area contributed by atoms with Crippen molar-refractivity contribution in [1.29, 1.82) is 0 Å². The Morgan fingerprint density at radius 3 is 2.06 bits per heavy atom. The molecule has 4 rings (SSSR count). The molecular formula is C39H49N3O9. The molecule has 12 heteroatoms. The van der Waals surface area contributed by atoms with Crippen molar-refractivity contribution in [3.63, 3.8) is 0 Å². The molecule has 0 spiro atoms. The number of hydrogen-bond acceptors (Lipinski definition) is 9. The Morgan fingerprint density at radius 1 is 0.863 bits per heavy atom. The first kappa shape index (κ1) is 39.2. The summed E-state index contributed by atoms with van der Waals surface area (Å²) in [6.45, 7) is 5.06. The van der Waals surface area contributed by atoms with Gasteiger partial charge in [0.2, 0.25) is 11.8 Å². The Balaban J connectivity index is 1.57. The number of ether oxygens (including phenoxy) is 3. The zero-order valence-electron chi connectivity index (χ0n) is 29.3. The van der Waals surface area contributed by atoms with E-state index in [0.29, 0.717) is 5.56 Å². The minimum absolute atomic E-state index is 0.107. The normalized spacial score (nSPS) is 21.3. The van der Waals surface area contributed by atoms with E-state index in [1.165, 1.54) is 7.11 Å². The Hall–Kier alpha value is -4.59. The van der Waals surface area contributed by atoms with E-state index < -0.39 is 72.2 Å². The van der Waals surface area contributed by atoms with Crippen molar-refractivity contribution in [2.45, 2.75) is 82.0 Å². The molecule has 3 amide bonds. The van der Waals surface area contributed by atoms with Gasteiger partial charge in [-0.15, -0.1) is 0 Å². The molecule has 0 bridgehead atoms. The first-order chi connectivity index (χ1) is 24.3. The molecule has 6 N–H and O–H groups in total. The molecule has 0 aliphatic carbocycles. The van der Waals surface area contributed by atoms with Gasteiger partial charge >= 0.3 is 6.09 Å².